The Morgan fingerprint density at radius 1 is 1.38 bits per heavy atom. The first-order chi connectivity index (χ1) is 11.2. The molecule has 2 rings (SSSR count). The van der Waals surface area contributed by atoms with Crippen molar-refractivity contribution in [3.05, 3.63) is 52.6 Å². The molecule has 0 amide bonds. The van der Waals surface area contributed by atoms with Gasteiger partial charge in [-0.15, -0.1) is 0 Å². The van der Waals surface area contributed by atoms with Crippen LogP contribution in [-0.2, 0) is 10.0 Å². The van der Waals surface area contributed by atoms with Gasteiger partial charge in [-0.2, -0.15) is 5.26 Å². The van der Waals surface area contributed by atoms with Crippen LogP contribution in [0.3, 0.4) is 0 Å². The largest absolute Gasteiger partial charge is 0.478 e. The molecule has 9 heteroatoms. The Labute approximate surface area is 137 Å². The summed E-state index contributed by atoms with van der Waals surface area (Å²) in [7, 11) is -4.32. The lowest BCUT2D eigenvalue weighted by molar-refractivity contribution is 0.0697. The van der Waals surface area contributed by atoms with Crippen molar-refractivity contribution in [1.82, 2.24) is 4.98 Å². The molecule has 0 spiro atoms. The lowest BCUT2D eigenvalue weighted by Gasteiger charge is -2.13. The molecule has 1 aromatic heterocycles. The number of carbonyl (C=O) groups is 1. The summed E-state index contributed by atoms with van der Waals surface area (Å²) in [5, 5.41) is 18.2. The van der Waals surface area contributed by atoms with E-state index in [4.69, 9.17) is 5.26 Å². The predicted octanol–water partition coefficient (Wildman–Crippen LogP) is 2.21. The highest BCUT2D eigenvalue weighted by Gasteiger charge is 2.24. The Hall–Kier alpha value is -2.99. The summed E-state index contributed by atoms with van der Waals surface area (Å²) in [4.78, 5) is 14.7. The predicted molar refractivity (Wildman–Crippen MR) is 82.6 cm³/mol. The molecule has 0 fully saturated rings. The molecule has 7 nitrogen and oxygen atoms in total. The Balaban J connectivity index is 2.58. The Bertz CT molecular complexity index is 981. The Kier molecular flexibility index (Phi) is 4.52. The molecular weight excluding hydrogens is 337 g/mol. The number of benzene rings is 1. The second kappa shape index (κ2) is 6.25. The maximum absolute atomic E-state index is 14.0. The molecule has 0 radical (unpaired) electrons. The summed E-state index contributed by atoms with van der Waals surface area (Å²) in [6, 6.07) is 5.08. The number of rotatable bonds is 4. The molecule has 0 aliphatic heterocycles. The number of anilines is 1. The van der Waals surface area contributed by atoms with Gasteiger partial charge in [-0.1, -0.05) is 6.07 Å². The van der Waals surface area contributed by atoms with Crippen molar-refractivity contribution in [3.63, 3.8) is 0 Å². The number of carboxylic acid groups (broad SMARTS) is 1. The number of pyridine rings is 1. The van der Waals surface area contributed by atoms with Crippen molar-refractivity contribution in [2.75, 3.05) is 4.72 Å². The number of carboxylic acids is 1. The maximum atomic E-state index is 14.0. The summed E-state index contributed by atoms with van der Waals surface area (Å²) in [5.41, 5.74) is -0.576. The zero-order valence-electron chi connectivity index (χ0n) is 12.7. The summed E-state index contributed by atoms with van der Waals surface area (Å²) in [5.74, 6) is -2.49. The van der Waals surface area contributed by atoms with Crippen LogP contribution < -0.4 is 4.72 Å². The van der Waals surface area contributed by atoms with Crippen LogP contribution in [0.25, 0.3) is 0 Å². The van der Waals surface area contributed by atoms with Crippen molar-refractivity contribution in [2.24, 2.45) is 0 Å². The second-order valence-corrected chi connectivity index (χ2v) is 6.62. The summed E-state index contributed by atoms with van der Waals surface area (Å²) in [6.45, 7) is 2.95. The molecule has 0 aliphatic carbocycles. The number of hydrogen-bond donors (Lipinski definition) is 2. The van der Waals surface area contributed by atoms with Gasteiger partial charge in [0.2, 0.25) is 0 Å². The number of nitriles is 1. The number of nitrogens with zero attached hydrogens (tertiary/aromatic N) is 2. The fourth-order valence-electron chi connectivity index (χ4n) is 2.02. The number of aryl methyl sites for hydroxylation is 2. The maximum Gasteiger partial charge on any atom is 0.338 e. The zero-order valence-corrected chi connectivity index (χ0v) is 13.5. The molecule has 24 heavy (non-hydrogen) atoms. The zero-order chi connectivity index (χ0) is 18.1. The lowest BCUT2D eigenvalue weighted by Crippen LogP contribution is -2.18. The van der Waals surface area contributed by atoms with E-state index in [2.05, 4.69) is 4.98 Å². The van der Waals surface area contributed by atoms with E-state index in [1.807, 2.05) is 4.72 Å². The van der Waals surface area contributed by atoms with Crippen LogP contribution in [0.15, 0.2) is 29.3 Å². The van der Waals surface area contributed by atoms with Gasteiger partial charge in [-0.05, 0) is 31.5 Å². The van der Waals surface area contributed by atoms with Gasteiger partial charge >= 0.3 is 5.97 Å². The first-order valence-electron chi connectivity index (χ1n) is 6.59. The molecule has 0 saturated heterocycles. The fraction of sp³-hybridized carbons (Fsp3) is 0.133. The van der Waals surface area contributed by atoms with Crippen LogP contribution >= 0.6 is 0 Å². The quantitative estimate of drug-likeness (QED) is 0.873. The van der Waals surface area contributed by atoms with Crippen LogP contribution in [0.1, 0.15) is 27.2 Å². The van der Waals surface area contributed by atoms with Crippen LogP contribution in [-0.4, -0.2) is 24.5 Å². The number of aromatic nitrogens is 1. The van der Waals surface area contributed by atoms with Crippen molar-refractivity contribution in [3.8, 4) is 6.07 Å². The van der Waals surface area contributed by atoms with Crippen LogP contribution in [0.4, 0.5) is 10.1 Å². The second-order valence-electron chi connectivity index (χ2n) is 4.94. The molecule has 1 aromatic carbocycles. The van der Waals surface area contributed by atoms with Crippen molar-refractivity contribution in [2.45, 2.75) is 18.7 Å². The number of hydrogen-bond acceptors (Lipinski definition) is 5. The number of nitrogens with one attached hydrogen (secondary N) is 1. The van der Waals surface area contributed by atoms with E-state index in [1.165, 1.54) is 19.9 Å². The van der Waals surface area contributed by atoms with Gasteiger partial charge in [0.1, 0.15) is 16.8 Å². The average Bonchev–Trinajstić information content (AvgIpc) is 2.50. The minimum atomic E-state index is -4.32. The molecule has 0 saturated carbocycles. The molecule has 1 heterocycles. The number of aromatic carboxylic acids is 1. The Morgan fingerprint density at radius 2 is 2.04 bits per heavy atom. The van der Waals surface area contributed by atoms with E-state index >= 15 is 0 Å². The van der Waals surface area contributed by atoms with Gasteiger partial charge in [0.25, 0.3) is 10.0 Å². The lowest BCUT2D eigenvalue weighted by atomic mass is 10.1. The van der Waals surface area contributed by atoms with E-state index in [9.17, 15) is 22.7 Å². The fourth-order valence-corrected chi connectivity index (χ4v) is 3.07. The van der Waals surface area contributed by atoms with E-state index < -0.39 is 33.1 Å². The minimum absolute atomic E-state index is 0.0426. The number of sulfonamides is 1. The molecule has 0 aliphatic rings. The van der Waals surface area contributed by atoms with Gasteiger partial charge in [0.15, 0.2) is 0 Å². The van der Waals surface area contributed by atoms with Gasteiger partial charge in [-0.25, -0.2) is 17.6 Å². The van der Waals surface area contributed by atoms with Gasteiger partial charge in [-0.3, -0.25) is 9.71 Å². The molecule has 2 N–H and O–H groups in total. The molecule has 2 aromatic rings. The third-order valence-electron chi connectivity index (χ3n) is 3.31. The van der Waals surface area contributed by atoms with Crippen molar-refractivity contribution >= 4 is 21.7 Å². The van der Waals surface area contributed by atoms with Crippen molar-refractivity contribution in [1.29, 1.82) is 5.26 Å². The normalized spacial score (nSPS) is 10.9. The minimum Gasteiger partial charge on any atom is -0.478 e. The first-order valence-corrected chi connectivity index (χ1v) is 8.07. The van der Waals surface area contributed by atoms with Crippen LogP contribution in [0, 0.1) is 31.0 Å². The monoisotopic (exact) mass is 349 g/mol. The summed E-state index contributed by atoms with van der Waals surface area (Å²) in [6.07, 6.45) is 1.01. The summed E-state index contributed by atoms with van der Waals surface area (Å²) >= 11 is 0. The summed E-state index contributed by atoms with van der Waals surface area (Å²) < 4.78 is 40.7. The molecular formula is C15H12FN3O4S. The van der Waals surface area contributed by atoms with E-state index in [0.717, 1.165) is 18.3 Å². The van der Waals surface area contributed by atoms with E-state index in [0.29, 0.717) is 5.69 Å². The van der Waals surface area contributed by atoms with Gasteiger partial charge < -0.3 is 5.11 Å². The van der Waals surface area contributed by atoms with E-state index in [-0.39, 0.29) is 16.0 Å². The number of halogens is 1. The molecule has 0 atom stereocenters. The van der Waals surface area contributed by atoms with Crippen molar-refractivity contribution < 1.29 is 22.7 Å². The molecule has 0 bridgehead atoms. The van der Waals surface area contributed by atoms with Gasteiger partial charge in [0, 0.05) is 6.20 Å². The van der Waals surface area contributed by atoms with Gasteiger partial charge in [0.05, 0.1) is 22.5 Å². The smallest absolute Gasteiger partial charge is 0.338 e. The molecule has 0 unspecified atom stereocenters. The van der Waals surface area contributed by atoms with Crippen LogP contribution in [0.2, 0.25) is 0 Å². The topological polar surface area (TPSA) is 120 Å². The van der Waals surface area contributed by atoms with Crippen LogP contribution in [0.5, 0.6) is 0 Å². The highest BCUT2D eigenvalue weighted by molar-refractivity contribution is 7.92. The molecule has 124 valence electrons. The highest BCUT2D eigenvalue weighted by atomic mass is 32.2. The third-order valence-corrected chi connectivity index (χ3v) is 4.62. The van der Waals surface area contributed by atoms with E-state index in [1.54, 1.807) is 6.07 Å². The SMILES string of the molecule is Cc1ccc(F)c(NS(=O)(=O)c2cnc(C)c(C#N)c2)c1C(=O)O. The standard InChI is InChI=1S/C15H12FN3O4S/c1-8-3-4-12(16)14(13(8)15(20)21)19-24(22,23)11-5-10(6-17)9(2)18-7-11/h3-5,7,19H,1-2H3,(H,20,21). The first kappa shape index (κ1) is 17.4. The Morgan fingerprint density at radius 3 is 2.62 bits per heavy atom. The average molecular weight is 349 g/mol. The third kappa shape index (κ3) is 3.18. The highest BCUT2D eigenvalue weighted by Crippen LogP contribution is 2.26.